The standard InChI is InChI=1S/C21H24N2O2/c1-13-10-14(2)12-18(11-13)21(25)22-15(3)16-6-8-19(9-7-16)23-20(24)17-4-5-17/h6-12,15,17H,4-5H2,1-3H3,(H,22,25)(H,23,24). The lowest BCUT2D eigenvalue weighted by Crippen LogP contribution is -2.26. The zero-order valence-electron chi connectivity index (χ0n) is 14.9. The van der Waals surface area contributed by atoms with Gasteiger partial charge in [-0.15, -0.1) is 0 Å². The van der Waals surface area contributed by atoms with Gasteiger partial charge in [0.1, 0.15) is 0 Å². The normalized spacial score (nSPS) is 14.7. The monoisotopic (exact) mass is 336 g/mol. The van der Waals surface area contributed by atoms with Gasteiger partial charge in [-0.3, -0.25) is 9.59 Å². The minimum absolute atomic E-state index is 0.0783. The predicted octanol–water partition coefficient (Wildman–Crippen LogP) is 4.14. The first kappa shape index (κ1) is 17.2. The molecule has 0 heterocycles. The Labute approximate surface area is 148 Å². The molecule has 1 saturated carbocycles. The molecule has 1 aliphatic rings. The lowest BCUT2D eigenvalue weighted by atomic mass is 10.0. The van der Waals surface area contributed by atoms with E-state index in [2.05, 4.69) is 16.7 Å². The van der Waals surface area contributed by atoms with E-state index in [9.17, 15) is 9.59 Å². The molecule has 1 aliphatic carbocycles. The van der Waals surface area contributed by atoms with Crippen molar-refractivity contribution < 1.29 is 9.59 Å². The van der Waals surface area contributed by atoms with Crippen LogP contribution >= 0.6 is 0 Å². The summed E-state index contributed by atoms with van der Waals surface area (Å²) in [6.07, 6.45) is 1.98. The second kappa shape index (κ2) is 7.09. The third-order valence-electron chi connectivity index (χ3n) is 4.46. The highest BCUT2D eigenvalue weighted by Gasteiger charge is 2.29. The molecule has 1 unspecified atom stereocenters. The quantitative estimate of drug-likeness (QED) is 0.862. The first-order chi connectivity index (χ1) is 11.9. The van der Waals surface area contributed by atoms with Crippen LogP contribution in [0.4, 0.5) is 5.69 Å². The molecule has 0 aliphatic heterocycles. The number of hydrogen-bond donors (Lipinski definition) is 2. The number of aryl methyl sites for hydroxylation is 2. The van der Waals surface area contributed by atoms with Crippen LogP contribution in [0.1, 0.15) is 52.9 Å². The van der Waals surface area contributed by atoms with Crippen molar-refractivity contribution >= 4 is 17.5 Å². The van der Waals surface area contributed by atoms with Crippen molar-refractivity contribution in [2.24, 2.45) is 5.92 Å². The van der Waals surface area contributed by atoms with Crippen LogP contribution in [0.25, 0.3) is 0 Å². The Kier molecular flexibility index (Phi) is 4.88. The summed E-state index contributed by atoms with van der Waals surface area (Å²) in [5, 5.41) is 5.95. The average molecular weight is 336 g/mol. The van der Waals surface area contributed by atoms with Crippen LogP contribution in [0.15, 0.2) is 42.5 Å². The van der Waals surface area contributed by atoms with Crippen molar-refractivity contribution in [2.75, 3.05) is 5.32 Å². The van der Waals surface area contributed by atoms with Crippen LogP contribution in [-0.2, 0) is 4.79 Å². The minimum atomic E-state index is -0.110. The van der Waals surface area contributed by atoms with Crippen molar-refractivity contribution in [2.45, 2.75) is 39.7 Å². The van der Waals surface area contributed by atoms with E-state index in [0.717, 1.165) is 35.2 Å². The number of rotatable bonds is 5. The van der Waals surface area contributed by atoms with Gasteiger partial charge in [-0.25, -0.2) is 0 Å². The Hall–Kier alpha value is -2.62. The van der Waals surface area contributed by atoms with Gasteiger partial charge in [-0.2, -0.15) is 0 Å². The minimum Gasteiger partial charge on any atom is -0.346 e. The molecule has 2 aromatic rings. The summed E-state index contributed by atoms with van der Waals surface area (Å²) in [5.74, 6) is 0.213. The molecular weight excluding hydrogens is 312 g/mol. The second-order valence-corrected chi connectivity index (χ2v) is 6.96. The molecule has 0 spiro atoms. The van der Waals surface area contributed by atoms with Gasteiger partial charge in [0, 0.05) is 17.2 Å². The van der Waals surface area contributed by atoms with Crippen molar-refractivity contribution in [1.29, 1.82) is 0 Å². The first-order valence-corrected chi connectivity index (χ1v) is 8.72. The molecule has 0 radical (unpaired) electrons. The summed E-state index contributed by atoms with van der Waals surface area (Å²) in [7, 11) is 0. The summed E-state index contributed by atoms with van der Waals surface area (Å²) >= 11 is 0. The Bertz CT molecular complexity index is 772. The highest BCUT2D eigenvalue weighted by atomic mass is 16.2. The highest BCUT2D eigenvalue weighted by molar-refractivity contribution is 5.95. The molecule has 2 aromatic carbocycles. The molecule has 4 nitrogen and oxygen atoms in total. The lowest BCUT2D eigenvalue weighted by molar-refractivity contribution is -0.117. The van der Waals surface area contributed by atoms with Gasteiger partial charge < -0.3 is 10.6 Å². The maximum absolute atomic E-state index is 12.5. The van der Waals surface area contributed by atoms with Gasteiger partial charge in [-0.05, 0) is 63.4 Å². The number of nitrogens with one attached hydrogen (secondary N) is 2. The van der Waals surface area contributed by atoms with E-state index >= 15 is 0 Å². The third kappa shape index (κ3) is 4.47. The molecule has 25 heavy (non-hydrogen) atoms. The van der Waals surface area contributed by atoms with E-state index in [4.69, 9.17) is 0 Å². The fourth-order valence-corrected chi connectivity index (χ4v) is 2.91. The largest absolute Gasteiger partial charge is 0.346 e. The summed E-state index contributed by atoms with van der Waals surface area (Å²) in [6.45, 7) is 5.93. The van der Waals surface area contributed by atoms with Gasteiger partial charge in [0.2, 0.25) is 5.91 Å². The molecule has 0 aromatic heterocycles. The van der Waals surface area contributed by atoms with Crippen LogP contribution in [-0.4, -0.2) is 11.8 Å². The smallest absolute Gasteiger partial charge is 0.251 e. The molecule has 130 valence electrons. The fourth-order valence-electron chi connectivity index (χ4n) is 2.91. The van der Waals surface area contributed by atoms with Crippen LogP contribution < -0.4 is 10.6 Å². The second-order valence-electron chi connectivity index (χ2n) is 6.96. The molecule has 4 heteroatoms. The highest BCUT2D eigenvalue weighted by Crippen LogP contribution is 2.30. The van der Waals surface area contributed by atoms with E-state index in [0.29, 0.717) is 5.56 Å². The molecule has 2 amide bonds. The zero-order chi connectivity index (χ0) is 18.0. The van der Waals surface area contributed by atoms with E-state index in [1.54, 1.807) is 0 Å². The molecule has 1 fully saturated rings. The third-order valence-corrected chi connectivity index (χ3v) is 4.46. The Morgan fingerprint density at radius 3 is 2.16 bits per heavy atom. The van der Waals surface area contributed by atoms with Crippen molar-refractivity contribution in [3.63, 3.8) is 0 Å². The summed E-state index contributed by atoms with van der Waals surface area (Å²) < 4.78 is 0. The maximum atomic E-state index is 12.5. The van der Waals surface area contributed by atoms with Crippen molar-refractivity contribution in [3.05, 3.63) is 64.7 Å². The van der Waals surface area contributed by atoms with Crippen LogP contribution in [0, 0.1) is 19.8 Å². The van der Waals surface area contributed by atoms with Gasteiger partial charge in [-0.1, -0.05) is 29.3 Å². The number of carbonyl (C=O) groups excluding carboxylic acids is 2. The summed E-state index contributed by atoms with van der Waals surface area (Å²) in [5.41, 5.74) is 4.63. The van der Waals surface area contributed by atoms with Crippen LogP contribution in [0.3, 0.4) is 0 Å². The topological polar surface area (TPSA) is 58.2 Å². The van der Waals surface area contributed by atoms with E-state index in [-0.39, 0.29) is 23.8 Å². The summed E-state index contributed by atoms with van der Waals surface area (Å²) in [6, 6.07) is 13.4. The number of carbonyl (C=O) groups is 2. The Balaban J connectivity index is 1.63. The van der Waals surface area contributed by atoms with Gasteiger partial charge >= 0.3 is 0 Å². The first-order valence-electron chi connectivity index (χ1n) is 8.72. The molecule has 0 bridgehead atoms. The number of hydrogen-bond acceptors (Lipinski definition) is 2. The van der Waals surface area contributed by atoms with Gasteiger partial charge in [0.25, 0.3) is 5.91 Å². The predicted molar refractivity (Wildman–Crippen MR) is 99.6 cm³/mol. The lowest BCUT2D eigenvalue weighted by Gasteiger charge is -2.16. The SMILES string of the molecule is Cc1cc(C)cc(C(=O)NC(C)c2ccc(NC(=O)C3CC3)cc2)c1. The summed E-state index contributed by atoms with van der Waals surface area (Å²) in [4.78, 5) is 24.2. The number of amides is 2. The van der Waals surface area contributed by atoms with Crippen molar-refractivity contribution in [3.8, 4) is 0 Å². The number of anilines is 1. The van der Waals surface area contributed by atoms with Crippen molar-refractivity contribution in [1.82, 2.24) is 5.32 Å². The Morgan fingerprint density at radius 1 is 1.00 bits per heavy atom. The van der Waals surface area contributed by atoms with E-state index in [1.807, 2.05) is 57.2 Å². The fraction of sp³-hybridized carbons (Fsp3) is 0.333. The van der Waals surface area contributed by atoms with Crippen LogP contribution in [0.5, 0.6) is 0 Å². The molecule has 2 N–H and O–H groups in total. The van der Waals surface area contributed by atoms with Crippen LogP contribution in [0.2, 0.25) is 0 Å². The molecule has 3 rings (SSSR count). The Morgan fingerprint density at radius 2 is 1.60 bits per heavy atom. The maximum Gasteiger partial charge on any atom is 0.251 e. The van der Waals surface area contributed by atoms with E-state index < -0.39 is 0 Å². The molecule has 0 saturated heterocycles. The number of benzene rings is 2. The molecule has 1 atom stereocenters. The van der Waals surface area contributed by atoms with Gasteiger partial charge in [0.05, 0.1) is 6.04 Å². The van der Waals surface area contributed by atoms with Gasteiger partial charge in [0.15, 0.2) is 0 Å². The molecular formula is C21H24N2O2. The average Bonchev–Trinajstić information content (AvgIpc) is 3.39. The zero-order valence-corrected chi connectivity index (χ0v) is 14.9. The van der Waals surface area contributed by atoms with E-state index in [1.165, 1.54) is 0 Å².